The Balaban J connectivity index is 1.49. The SMILES string of the molecule is COc1cc(CC(C)C)ccc1C(=O)N(C)[C@@H](C)C(=O)O[C@H]1CC(=O)N(C)c2cc(cc(C)c2Cl)C/C(C)=C/C=C/[C@@H](OC)[C@]2(O)CC(=O)O[C@@H](C2)[C@@H](C)[C@@H]2O[C@@]12C. The average molecular weight is 823 g/mol. The standard InChI is InChI=1S/C45H59ClN2O10/c1-25(2)17-30-15-16-32(34(21-30)54-10)42(51)47(8)29(6)43(52)57-37-22-38(49)48(9)33-20-31(19-27(4)40(33)46)18-26(3)13-12-14-36(55-11)45(53)23-35(56-39(50)24-45)28(5)41-44(37,7)58-41/h12-16,19-21,25,28-29,35-37,41,53H,17-18,22-24H2,1-11H3/b14-12+,26-13+/t28-,29+,35+,36-,37+,41+,44+,45-/m1/s1. The summed E-state index contributed by atoms with van der Waals surface area (Å²) >= 11 is 6.82. The zero-order chi connectivity index (χ0) is 42.9. The molecule has 13 heteroatoms. The first-order chi connectivity index (χ1) is 27.2. The van der Waals surface area contributed by atoms with Crippen molar-refractivity contribution in [1.29, 1.82) is 0 Å². The maximum absolute atomic E-state index is 14.3. The molecule has 12 nitrogen and oxygen atoms in total. The number of benzene rings is 2. The minimum atomic E-state index is -1.58. The zero-order valence-electron chi connectivity index (χ0n) is 35.6. The summed E-state index contributed by atoms with van der Waals surface area (Å²) in [6, 6.07) is 8.16. The van der Waals surface area contributed by atoms with E-state index in [9.17, 15) is 24.3 Å². The van der Waals surface area contributed by atoms with Gasteiger partial charge in [0.05, 0.1) is 42.3 Å². The smallest absolute Gasteiger partial charge is 0.328 e. The average Bonchev–Trinajstić information content (AvgIpc) is 3.86. The van der Waals surface area contributed by atoms with Crippen molar-refractivity contribution in [2.75, 3.05) is 33.2 Å². The molecule has 0 saturated carbocycles. The number of methoxy groups -OCH3 is 2. The number of halogens is 1. The Kier molecular flexibility index (Phi) is 13.9. The van der Waals surface area contributed by atoms with Gasteiger partial charge in [-0.05, 0) is 81.3 Å². The molecule has 1 N–H and O–H groups in total. The number of aryl methyl sites for hydroxylation is 1. The molecular weight excluding hydrogens is 764 g/mol. The maximum atomic E-state index is 14.3. The molecule has 2 aromatic rings. The van der Waals surface area contributed by atoms with Crippen molar-refractivity contribution < 1.29 is 48.0 Å². The van der Waals surface area contributed by atoms with Crippen molar-refractivity contribution in [2.24, 2.45) is 11.8 Å². The lowest BCUT2D eigenvalue weighted by Gasteiger charge is -2.41. The van der Waals surface area contributed by atoms with Crippen molar-refractivity contribution in [3.63, 3.8) is 0 Å². The van der Waals surface area contributed by atoms with E-state index in [-0.39, 0.29) is 19.3 Å². The fourth-order valence-electron chi connectivity index (χ4n) is 8.17. The number of amides is 2. The van der Waals surface area contributed by atoms with Gasteiger partial charge < -0.3 is 38.6 Å². The quantitative estimate of drug-likeness (QED) is 0.229. The van der Waals surface area contributed by atoms with Crippen LogP contribution in [0, 0.1) is 18.8 Å². The molecule has 2 fully saturated rings. The van der Waals surface area contributed by atoms with E-state index >= 15 is 0 Å². The Labute approximate surface area is 347 Å². The molecule has 3 aliphatic rings. The van der Waals surface area contributed by atoms with E-state index in [4.69, 9.17) is 35.3 Å². The number of nitrogens with zero attached hydrogens (tertiary/aromatic N) is 2. The Morgan fingerprint density at radius 3 is 2.48 bits per heavy atom. The van der Waals surface area contributed by atoms with Gasteiger partial charge in [0.2, 0.25) is 5.91 Å². The van der Waals surface area contributed by atoms with Crippen LogP contribution in [0.3, 0.4) is 0 Å². The van der Waals surface area contributed by atoms with Crippen LogP contribution in [-0.4, -0.2) is 104 Å². The van der Waals surface area contributed by atoms with Gasteiger partial charge in [0.15, 0.2) is 0 Å². The third-order valence-corrected chi connectivity index (χ3v) is 12.3. The molecule has 316 valence electrons. The van der Waals surface area contributed by atoms with Gasteiger partial charge in [-0.1, -0.05) is 68.3 Å². The Morgan fingerprint density at radius 1 is 1.12 bits per heavy atom. The first kappa shape index (κ1) is 44.9. The number of likely N-dealkylation sites (N-methyl/N-ethyl adjacent to an activating group) is 1. The number of epoxide rings is 1. The van der Waals surface area contributed by atoms with Crippen LogP contribution in [0.4, 0.5) is 5.69 Å². The summed E-state index contributed by atoms with van der Waals surface area (Å²) in [5.74, 6) is -1.87. The second-order valence-electron chi connectivity index (χ2n) is 16.9. The van der Waals surface area contributed by atoms with Gasteiger partial charge in [0, 0.05) is 33.5 Å². The summed E-state index contributed by atoms with van der Waals surface area (Å²) in [5, 5.41) is 12.3. The molecule has 5 rings (SSSR count). The highest BCUT2D eigenvalue weighted by Gasteiger charge is 2.64. The van der Waals surface area contributed by atoms with Crippen LogP contribution in [0.5, 0.6) is 5.75 Å². The fraction of sp³-hybridized carbons (Fsp3) is 0.556. The summed E-state index contributed by atoms with van der Waals surface area (Å²) in [5.41, 5.74) is 1.71. The fourth-order valence-corrected chi connectivity index (χ4v) is 8.40. The lowest BCUT2D eigenvalue weighted by atomic mass is 9.78. The summed E-state index contributed by atoms with van der Waals surface area (Å²) in [6.45, 7) is 13.2. The Hall–Kier alpha value is -4.23. The van der Waals surface area contributed by atoms with E-state index in [1.165, 1.54) is 31.1 Å². The molecule has 2 saturated heterocycles. The van der Waals surface area contributed by atoms with E-state index < -0.39 is 71.3 Å². The van der Waals surface area contributed by atoms with Crippen LogP contribution < -0.4 is 9.64 Å². The van der Waals surface area contributed by atoms with Gasteiger partial charge >= 0.3 is 11.9 Å². The molecule has 0 aromatic heterocycles. The largest absolute Gasteiger partial charge is 0.496 e. The molecule has 4 bridgehead atoms. The first-order valence-corrected chi connectivity index (χ1v) is 20.3. The molecule has 0 unspecified atom stereocenters. The normalized spacial score (nSPS) is 29.7. The van der Waals surface area contributed by atoms with E-state index in [0.29, 0.717) is 34.4 Å². The molecule has 58 heavy (non-hydrogen) atoms. The predicted molar refractivity (Wildman–Crippen MR) is 221 cm³/mol. The van der Waals surface area contributed by atoms with Crippen molar-refractivity contribution in [1.82, 2.24) is 4.90 Å². The lowest BCUT2D eigenvalue weighted by Crippen LogP contribution is -2.53. The van der Waals surface area contributed by atoms with Gasteiger partial charge in [-0.3, -0.25) is 14.4 Å². The van der Waals surface area contributed by atoms with Crippen molar-refractivity contribution in [2.45, 2.75) is 122 Å². The first-order valence-electron chi connectivity index (χ1n) is 19.9. The summed E-state index contributed by atoms with van der Waals surface area (Å²) in [6.07, 6.45) is 2.90. The number of carbonyl (C=O) groups excluding carboxylic acids is 4. The van der Waals surface area contributed by atoms with Gasteiger partial charge in [-0.2, -0.15) is 0 Å². The molecular formula is C45H59ClN2O10. The van der Waals surface area contributed by atoms with Crippen molar-refractivity contribution >= 4 is 41.0 Å². The Morgan fingerprint density at radius 2 is 1.83 bits per heavy atom. The molecule has 0 radical (unpaired) electrons. The van der Waals surface area contributed by atoms with Crippen LogP contribution in [0.25, 0.3) is 0 Å². The second-order valence-corrected chi connectivity index (χ2v) is 17.3. The van der Waals surface area contributed by atoms with E-state index in [1.807, 2.05) is 51.1 Å². The minimum Gasteiger partial charge on any atom is -0.496 e. The van der Waals surface area contributed by atoms with Crippen molar-refractivity contribution in [3.05, 3.63) is 81.4 Å². The third kappa shape index (κ3) is 9.62. The number of hydrogen-bond donors (Lipinski definition) is 1. The number of allylic oxidation sites excluding steroid dienone is 3. The van der Waals surface area contributed by atoms with Crippen LogP contribution in [0.15, 0.2) is 54.1 Å². The zero-order valence-corrected chi connectivity index (χ0v) is 36.3. The monoisotopic (exact) mass is 822 g/mol. The topological polar surface area (TPSA) is 144 Å². The number of aliphatic hydroxyl groups is 1. The lowest BCUT2D eigenvalue weighted by molar-refractivity contribution is -0.187. The highest BCUT2D eigenvalue weighted by molar-refractivity contribution is 6.34. The van der Waals surface area contributed by atoms with Crippen LogP contribution >= 0.6 is 11.6 Å². The van der Waals surface area contributed by atoms with Crippen LogP contribution in [-0.2, 0) is 46.2 Å². The summed E-state index contributed by atoms with van der Waals surface area (Å²) < 4.78 is 29.7. The molecule has 3 aliphatic heterocycles. The van der Waals surface area contributed by atoms with Crippen LogP contribution in [0.1, 0.15) is 87.9 Å². The van der Waals surface area contributed by atoms with E-state index in [1.54, 1.807) is 39.1 Å². The third-order valence-electron chi connectivity index (χ3n) is 11.8. The number of fused-ring (bicyclic) bond motifs is 5. The predicted octanol–water partition coefficient (Wildman–Crippen LogP) is 6.58. The van der Waals surface area contributed by atoms with Crippen LogP contribution in [0.2, 0.25) is 5.02 Å². The van der Waals surface area contributed by atoms with E-state index in [0.717, 1.165) is 28.7 Å². The molecule has 2 aromatic carbocycles. The number of carbonyl (C=O) groups is 4. The summed E-state index contributed by atoms with van der Waals surface area (Å²) in [4.78, 5) is 58.0. The van der Waals surface area contributed by atoms with Gasteiger partial charge in [-0.25, -0.2) is 4.79 Å². The molecule has 8 atom stereocenters. The molecule has 0 aliphatic carbocycles. The maximum Gasteiger partial charge on any atom is 0.328 e. The van der Waals surface area contributed by atoms with Gasteiger partial charge in [0.1, 0.15) is 41.3 Å². The van der Waals surface area contributed by atoms with E-state index in [2.05, 4.69) is 13.8 Å². The Bertz CT molecular complexity index is 1960. The van der Waals surface area contributed by atoms with Gasteiger partial charge in [-0.15, -0.1) is 0 Å². The van der Waals surface area contributed by atoms with Crippen molar-refractivity contribution in [3.8, 4) is 5.75 Å². The second kappa shape index (κ2) is 17.9. The number of esters is 2. The number of hydrogen-bond acceptors (Lipinski definition) is 10. The highest BCUT2D eigenvalue weighted by Crippen LogP contribution is 2.49. The van der Waals surface area contributed by atoms with Gasteiger partial charge in [0.25, 0.3) is 5.91 Å². The molecule has 2 amide bonds. The highest BCUT2D eigenvalue weighted by atomic mass is 35.5. The number of rotatable bonds is 8. The summed E-state index contributed by atoms with van der Waals surface area (Å²) in [7, 11) is 6.11. The number of ether oxygens (including phenoxy) is 5. The molecule has 3 heterocycles. The minimum absolute atomic E-state index is 0.0585. The molecule has 0 spiro atoms. The number of anilines is 1.